The number of fused-ring (bicyclic) bond motifs is 2. The first-order chi connectivity index (χ1) is 26.3. The molecule has 0 spiro atoms. The molecule has 320 valence electrons. The smallest absolute Gasteiger partial charge is 0.437 e. The zero-order valence-electron chi connectivity index (χ0n) is 35.4. The Kier molecular flexibility index (Phi) is 15.4. The number of hydrogen-bond donors (Lipinski definition) is 0. The fraction of sp³-hybridized carbons (Fsp3) is 0.868. The largest absolute Gasteiger partial charge is 0.444 e. The standard InChI is InChI=1S/C38H67N7O10S/c1-11-15-21-38(20-14-4,22-16-12-2)44(23-17-13-3)54-56(49,50)55-45-28-18-19-29(43(26-28)33(45)46)31-39-40-32(51-31)30-27-41(34(47)52-36(5,6)7)24-25-42(30)35(48)53-37(8,9)10/h28-30H,11-27H2,1-10H3/t28-,29-,30+/m0/s1. The van der Waals surface area contributed by atoms with Gasteiger partial charge in [0.2, 0.25) is 11.8 Å². The van der Waals surface area contributed by atoms with E-state index in [4.69, 9.17) is 22.5 Å². The Morgan fingerprint density at radius 2 is 1.38 bits per heavy atom. The van der Waals surface area contributed by atoms with Gasteiger partial charge in [0, 0.05) is 31.7 Å². The van der Waals surface area contributed by atoms with Crippen molar-refractivity contribution in [2.45, 2.75) is 181 Å². The van der Waals surface area contributed by atoms with Crippen LogP contribution in [0.15, 0.2) is 4.42 Å². The molecule has 4 heterocycles. The molecule has 56 heavy (non-hydrogen) atoms. The highest BCUT2D eigenvalue weighted by atomic mass is 32.3. The van der Waals surface area contributed by atoms with Crippen LogP contribution in [0.25, 0.3) is 0 Å². The zero-order chi connectivity index (χ0) is 41.5. The molecule has 0 N–H and O–H groups in total. The van der Waals surface area contributed by atoms with Crippen molar-refractivity contribution >= 4 is 28.6 Å². The van der Waals surface area contributed by atoms with Crippen molar-refractivity contribution in [1.82, 2.24) is 35.0 Å². The van der Waals surface area contributed by atoms with Crippen molar-refractivity contribution < 1.29 is 45.3 Å². The number of hydroxylamine groups is 4. The van der Waals surface area contributed by atoms with E-state index in [-0.39, 0.29) is 38.0 Å². The van der Waals surface area contributed by atoms with Crippen LogP contribution < -0.4 is 0 Å². The quantitative estimate of drug-likeness (QED) is 0.132. The number of ether oxygens (including phenoxy) is 2. The number of carbonyl (C=O) groups excluding carboxylic acids is 3. The summed E-state index contributed by atoms with van der Waals surface area (Å²) in [4.78, 5) is 44.7. The molecule has 3 atom stereocenters. The minimum atomic E-state index is -4.70. The highest BCUT2D eigenvalue weighted by Gasteiger charge is 2.51. The maximum absolute atomic E-state index is 13.9. The second-order valence-electron chi connectivity index (χ2n) is 17.3. The Morgan fingerprint density at radius 1 is 0.786 bits per heavy atom. The van der Waals surface area contributed by atoms with Gasteiger partial charge in [0.15, 0.2) is 0 Å². The van der Waals surface area contributed by atoms with Crippen LogP contribution in [0, 0.1) is 0 Å². The lowest BCUT2D eigenvalue weighted by Gasteiger charge is -2.43. The first-order valence-electron chi connectivity index (χ1n) is 20.6. The van der Waals surface area contributed by atoms with Gasteiger partial charge in [0.05, 0.1) is 12.6 Å². The minimum Gasteiger partial charge on any atom is -0.444 e. The van der Waals surface area contributed by atoms with Gasteiger partial charge in [-0.15, -0.1) is 14.5 Å². The fourth-order valence-electron chi connectivity index (χ4n) is 7.63. The Morgan fingerprint density at radius 3 is 1.95 bits per heavy atom. The monoisotopic (exact) mass is 813 g/mol. The predicted molar refractivity (Wildman–Crippen MR) is 207 cm³/mol. The summed E-state index contributed by atoms with van der Waals surface area (Å²) in [7, 11) is -4.70. The average molecular weight is 814 g/mol. The fourth-order valence-corrected chi connectivity index (χ4v) is 8.49. The molecule has 0 aliphatic carbocycles. The van der Waals surface area contributed by atoms with Crippen LogP contribution in [-0.2, 0) is 28.4 Å². The molecule has 3 aliphatic rings. The van der Waals surface area contributed by atoms with Gasteiger partial charge in [-0.05, 0) is 80.1 Å². The molecule has 2 bridgehead atoms. The van der Waals surface area contributed by atoms with E-state index in [1.807, 2.05) is 6.92 Å². The van der Waals surface area contributed by atoms with Crippen LogP contribution in [-0.4, -0.2) is 117 Å². The minimum absolute atomic E-state index is 0.0103. The van der Waals surface area contributed by atoms with Crippen LogP contribution in [0.2, 0.25) is 0 Å². The van der Waals surface area contributed by atoms with Gasteiger partial charge in [-0.3, -0.25) is 4.90 Å². The molecule has 0 unspecified atom stereocenters. The van der Waals surface area contributed by atoms with Gasteiger partial charge in [-0.1, -0.05) is 66.2 Å². The molecule has 0 radical (unpaired) electrons. The molecule has 4 rings (SSSR count). The van der Waals surface area contributed by atoms with Crippen LogP contribution in [0.4, 0.5) is 14.4 Å². The van der Waals surface area contributed by atoms with Crippen molar-refractivity contribution in [2.24, 2.45) is 0 Å². The van der Waals surface area contributed by atoms with E-state index in [9.17, 15) is 22.8 Å². The molecule has 0 saturated carbocycles. The Hall–Kier alpha value is -3.22. The lowest BCUT2D eigenvalue weighted by Crippen LogP contribution is -2.54. The van der Waals surface area contributed by atoms with Gasteiger partial charge < -0.3 is 23.7 Å². The number of rotatable bonds is 18. The number of piperidine rings is 1. The number of unbranched alkanes of at least 4 members (excludes halogenated alkanes) is 3. The maximum atomic E-state index is 13.9. The van der Waals surface area contributed by atoms with Gasteiger partial charge in [-0.25, -0.2) is 14.4 Å². The molecule has 0 aromatic carbocycles. The Labute approximate surface area is 333 Å². The summed E-state index contributed by atoms with van der Waals surface area (Å²) in [6.07, 6.45) is 8.24. The number of nitrogens with zero attached hydrogens (tertiary/aromatic N) is 7. The van der Waals surface area contributed by atoms with Crippen molar-refractivity contribution in [3.05, 3.63) is 11.8 Å². The van der Waals surface area contributed by atoms with Crippen LogP contribution in [0.1, 0.15) is 170 Å². The van der Waals surface area contributed by atoms with Crippen molar-refractivity contribution in [3.8, 4) is 0 Å². The lowest BCUT2D eigenvalue weighted by atomic mass is 9.82. The number of carbonyl (C=O) groups is 3. The first-order valence-corrected chi connectivity index (χ1v) is 21.9. The average Bonchev–Trinajstić information content (AvgIpc) is 3.69. The molecule has 3 saturated heterocycles. The number of aromatic nitrogens is 2. The normalized spacial score (nSPS) is 21.0. The van der Waals surface area contributed by atoms with E-state index in [0.29, 0.717) is 19.4 Å². The summed E-state index contributed by atoms with van der Waals surface area (Å²) in [6.45, 7) is 19.9. The molecule has 3 aliphatic heterocycles. The van der Waals surface area contributed by atoms with Crippen molar-refractivity contribution in [2.75, 3.05) is 32.7 Å². The van der Waals surface area contributed by atoms with Gasteiger partial charge in [0.25, 0.3) is 0 Å². The molecule has 4 amide bonds. The third-order valence-corrected chi connectivity index (χ3v) is 11.0. The van der Waals surface area contributed by atoms with Crippen molar-refractivity contribution in [1.29, 1.82) is 0 Å². The van der Waals surface area contributed by atoms with Gasteiger partial charge in [0.1, 0.15) is 23.3 Å². The molecule has 18 heteroatoms. The number of piperazine rings is 1. The molecule has 3 fully saturated rings. The maximum Gasteiger partial charge on any atom is 0.437 e. The molecular weight excluding hydrogens is 747 g/mol. The van der Waals surface area contributed by atoms with E-state index >= 15 is 0 Å². The summed E-state index contributed by atoms with van der Waals surface area (Å²) in [6, 6.07) is -2.75. The van der Waals surface area contributed by atoms with E-state index in [1.165, 1.54) is 14.7 Å². The topological polar surface area (TPSA) is 177 Å². The summed E-state index contributed by atoms with van der Waals surface area (Å²) >= 11 is 0. The second-order valence-corrected chi connectivity index (χ2v) is 18.4. The summed E-state index contributed by atoms with van der Waals surface area (Å²) < 4.78 is 56.3. The number of hydrogen-bond acceptors (Lipinski definition) is 13. The highest BCUT2D eigenvalue weighted by Crippen LogP contribution is 2.40. The number of amides is 4. The van der Waals surface area contributed by atoms with E-state index in [0.717, 1.165) is 69.3 Å². The van der Waals surface area contributed by atoms with Gasteiger partial charge in [-0.2, -0.15) is 22.8 Å². The molecule has 17 nitrogen and oxygen atoms in total. The SMILES string of the molecule is CCCCN(OS(=O)(=O)ON1C(=O)N2C[C@@H]1CC[C@H]2c1nnc([C@H]2CN(C(=O)OC(C)(C)C)CCN2C(=O)OC(C)(C)C)o1)C(CCC)(CCCC)CCCC. The first kappa shape index (κ1) is 45.5. The van der Waals surface area contributed by atoms with Crippen LogP contribution in [0.3, 0.4) is 0 Å². The van der Waals surface area contributed by atoms with E-state index in [1.54, 1.807) is 46.6 Å². The third-order valence-electron chi connectivity index (χ3n) is 10.3. The summed E-state index contributed by atoms with van der Waals surface area (Å²) in [5.41, 5.74) is -1.99. The number of urea groups is 1. The zero-order valence-corrected chi connectivity index (χ0v) is 36.2. The Bertz CT molecular complexity index is 1570. The predicted octanol–water partition coefficient (Wildman–Crippen LogP) is 7.67. The summed E-state index contributed by atoms with van der Waals surface area (Å²) in [5.74, 6) is 0.180. The van der Waals surface area contributed by atoms with Gasteiger partial charge >= 0.3 is 28.6 Å². The third kappa shape index (κ3) is 11.7. The highest BCUT2D eigenvalue weighted by molar-refractivity contribution is 7.81. The Balaban J connectivity index is 1.54. The van der Waals surface area contributed by atoms with Crippen LogP contribution >= 0.6 is 0 Å². The second kappa shape index (κ2) is 19.0. The van der Waals surface area contributed by atoms with E-state index in [2.05, 4.69) is 31.0 Å². The van der Waals surface area contributed by atoms with E-state index < -0.39 is 63.5 Å². The molecule has 1 aromatic heterocycles. The molecular formula is C38H67N7O10S. The summed E-state index contributed by atoms with van der Waals surface area (Å²) in [5, 5.41) is 11.1. The lowest BCUT2D eigenvalue weighted by molar-refractivity contribution is -0.172. The molecule has 1 aromatic rings. The van der Waals surface area contributed by atoms with Crippen LogP contribution in [0.5, 0.6) is 0 Å². The van der Waals surface area contributed by atoms with Crippen molar-refractivity contribution in [3.63, 3.8) is 0 Å².